The molecule has 0 radical (unpaired) electrons. The number of amides is 1. The molecule has 0 saturated carbocycles. The molecule has 0 bridgehead atoms. The molecule has 1 amide bonds. The molecule has 24 heavy (non-hydrogen) atoms. The van der Waals surface area contributed by atoms with E-state index in [0.717, 1.165) is 11.8 Å². The highest BCUT2D eigenvalue weighted by molar-refractivity contribution is 8.00. The molecule has 9 heteroatoms. The number of pyridine rings is 1. The van der Waals surface area contributed by atoms with Crippen LogP contribution in [0.15, 0.2) is 24.5 Å². The van der Waals surface area contributed by atoms with E-state index in [9.17, 15) is 19.2 Å². The molecule has 2 unspecified atom stereocenters. The minimum absolute atomic E-state index is 0.146. The molecule has 1 aliphatic heterocycles. The summed E-state index contributed by atoms with van der Waals surface area (Å²) in [6, 6.07) is 3.16. The molecule has 3 N–H and O–H groups in total. The van der Waals surface area contributed by atoms with Gasteiger partial charge in [-0.1, -0.05) is 0 Å². The van der Waals surface area contributed by atoms with E-state index < -0.39 is 23.1 Å². The molecule has 1 saturated heterocycles. The smallest absolute Gasteiger partial charge is 0.316 e. The lowest BCUT2D eigenvalue weighted by atomic mass is 9.97. The standard InChI is InChI=1S/C13H15NO5S.C2H3NO/c1-8(13(18)19)20-7-10(5-11(15)16)12(17)9-3-2-4-14-6-9;4-2-1-3-2/h2-4,6,8,10H,5,7H2,1H3,(H,15,16)(H,18,19);1H2,(H,3,4). The fourth-order valence-electron chi connectivity index (χ4n) is 1.55. The molecule has 130 valence electrons. The minimum atomic E-state index is -1.09. The number of hydrogen-bond donors (Lipinski definition) is 3. The average molecular weight is 354 g/mol. The maximum Gasteiger partial charge on any atom is 0.316 e. The number of hydrogen-bond acceptors (Lipinski definition) is 6. The molecule has 0 spiro atoms. The first-order valence-corrected chi connectivity index (χ1v) is 8.13. The van der Waals surface area contributed by atoms with Crippen LogP contribution in [0, 0.1) is 5.92 Å². The number of carboxylic acids is 2. The Labute approximate surface area is 142 Å². The van der Waals surface area contributed by atoms with E-state index in [1.807, 2.05) is 0 Å². The second kappa shape index (κ2) is 9.66. The van der Waals surface area contributed by atoms with Crippen molar-refractivity contribution >= 4 is 35.4 Å². The fraction of sp³-hybridized carbons (Fsp3) is 0.400. The van der Waals surface area contributed by atoms with Crippen molar-refractivity contribution in [3.05, 3.63) is 30.1 Å². The van der Waals surface area contributed by atoms with Crippen LogP contribution in [0.1, 0.15) is 23.7 Å². The Bertz CT molecular complexity index is 601. The summed E-state index contributed by atoms with van der Waals surface area (Å²) in [5, 5.41) is 19.4. The summed E-state index contributed by atoms with van der Waals surface area (Å²) in [4.78, 5) is 47.0. The zero-order valence-electron chi connectivity index (χ0n) is 13.0. The first-order valence-electron chi connectivity index (χ1n) is 7.08. The molecule has 0 aliphatic carbocycles. The summed E-state index contributed by atoms with van der Waals surface area (Å²) in [6.45, 7) is 2.10. The Hall–Kier alpha value is -2.42. The lowest BCUT2D eigenvalue weighted by Gasteiger charge is -2.14. The maximum atomic E-state index is 12.2. The third-order valence-electron chi connectivity index (χ3n) is 2.95. The van der Waals surface area contributed by atoms with Gasteiger partial charge in [0.2, 0.25) is 5.91 Å². The normalized spacial score (nSPS) is 14.5. The van der Waals surface area contributed by atoms with Crippen LogP contribution in [-0.2, 0) is 14.4 Å². The number of thioether (sulfide) groups is 1. The molecular weight excluding hydrogens is 336 g/mol. The van der Waals surface area contributed by atoms with Gasteiger partial charge in [0.25, 0.3) is 0 Å². The van der Waals surface area contributed by atoms with Crippen molar-refractivity contribution in [1.29, 1.82) is 0 Å². The van der Waals surface area contributed by atoms with Crippen molar-refractivity contribution in [2.75, 3.05) is 12.3 Å². The van der Waals surface area contributed by atoms with Crippen LogP contribution in [0.25, 0.3) is 0 Å². The quantitative estimate of drug-likeness (QED) is 0.456. The predicted octanol–water partition coefficient (Wildman–Crippen LogP) is 0.678. The maximum absolute atomic E-state index is 12.2. The molecule has 2 rings (SSSR count). The van der Waals surface area contributed by atoms with Crippen LogP contribution in [-0.4, -0.2) is 56.4 Å². The summed E-state index contributed by atoms with van der Waals surface area (Å²) >= 11 is 1.05. The van der Waals surface area contributed by atoms with Gasteiger partial charge >= 0.3 is 11.9 Å². The number of rotatable bonds is 8. The summed E-state index contributed by atoms with van der Waals surface area (Å²) in [5.74, 6) is -2.85. The van der Waals surface area contributed by atoms with Crippen molar-refractivity contribution in [1.82, 2.24) is 10.3 Å². The fourth-order valence-corrected chi connectivity index (χ4v) is 2.48. The van der Waals surface area contributed by atoms with E-state index in [4.69, 9.17) is 10.2 Å². The van der Waals surface area contributed by atoms with E-state index in [1.165, 1.54) is 19.3 Å². The first-order chi connectivity index (χ1) is 11.3. The monoisotopic (exact) mass is 354 g/mol. The summed E-state index contributed by atoms with van der Waals surface area (Å²) < 4.78 is 0. The molecule has 0 aromatic carbocycles. The largest absolute Gasteiger partial charge is 0.481 e. The van der Waals surface area contributed by atoms with Gasteiger partial charge in [0.05, 0.1) is 18.2 Å². The van der Waals surface area contributed by atoms with Gasteiger partial charge in [-0.25, -0.2) is 0 Å². The number of Topliss-reactive ketones (excluding diaryl/α,β-unsaturated/α-hetero) is 1. The van der Waals surface area contributed by atoms with E-state index in [0.29, 0.717) is 12.1 Å². The van der Waals surface area contributed by atoms with Gasteiger partial charge in [-0.2, -0.15) is 0 Å². The van der Waals surface area contributed by atoms with Crippen LogP contribution in [0.4, 0.5) is 0 Å². The van der Waals surface area contributed by atoms with E-state index in [1.54, 1.807) is 12.1 Å². The third kappa shape index (κ3) is 7.73. The van der Waals surface area contributed by atoms with Crippen molar-refractivity contribution in [2.24, 2.45) is 5.92 Å². The van der Waals surface area contributed by atoms with Crippen LogP contribution in [0.3, 0.4) is 0 Å². The molecule has 1 aromatic heterocycles. The number of ketones is 1. The van der Waals surface area contributed by atoms with Gasteiger partial charge in [-0.15, -0.1) is 11.8 Å². The zero-order valence-corrected chi connectivity index (χ0v) is 13.8. The Balaban J connectivity index is 0.000000624. The Morgan fingerprint density at radius 3 is 2.42 bits per heavy atom. The summed E-state index contributed by atoms with van der Waals surface area (Å²) in [6.07, 6.45) is 2.57. The van der Waals surface area contributed by atoms with Crippen molar-refractivity contribution < 1.29 is 29.4 Å². The van der Waals surface area contributed by atoms with Crippen LogP contribution in [0.5, 0.6) is 0 Å². The molecule has 2 heterocycles. The van der Waals surface area contributed by atoms with Gasteiger partial charge in [-0.3, -0.25) is 24.2 Å². The zero-order chi connectivity index (χ0) is 18.1. The van der Waals surface area contributed by atoms with Gasteiger partial charge in [0.15, 0.2) is 5.78 Å². The van der Waals surface area contributed by atoms with Gasteiger partial charge < -0.3 is 15.5 Å². The predicted molar refractivity (Wildman–Crippen MR) is 86.9 cm³/mol. The highest BCUT2D eigenvalue weighted by atomic mass is 32.2. The molecule has 1 aromatic rings. The molecule has 1 fully saturated rings. The first kappa shape index (κ1) is 19.6. The number of aliphatic carboxylic acids is 2. The summed E-state index contributed by atoms with van der Waals surface area (Å²) in [7, 11) is 0. The number of aromatic nitrogens is 1. The van der Waals surface area contributed by atoms with Crippen LogP contribution in [0.2, 0.25) is 0 Å². The van der Waals surface area contributed by atoms with Gasteiger partial charge in [0, 0.05) is 29.6 Å². The number of nitrogens with zero attached hydrogens (tertiary/aromatic N) is 1. The van der Waals surface area contributed by atoms with Gasteiger partial charge in [-0.05, 0) is 19.1 Å². The average Bonchev–Trinajstić information content (AvgIpc) is 3.33. The van der Waals surface area contributed by atoms with Crippen molar-refractivity contribution in [3.8, 4) is 0 Å². The van der Waals surface area contributed by atoms with Crippen molar-refractivity contribution in [3.63, 3.8) is 0 Å². The van der Waals surface area contributed by atoms with E-state index in [-0.39, 0.29) is 23.9 Å². The van der Waals surface area contributed by atoms with E-state index in [2.05, 4.69) is 10.3 Å². The van der Waals surface area contributed by atoms with Gasteiger partial charge in [0.1, 0.15) is 0 Å². The number of carbonyl (C=O) groups excluding carboxylic acids is 2. The Morgan fingerprint density at radius 2 is 2.00 bits per heavy atom. The Kier molecular flexibility index (Phi) is 7.90. The van der Waals surface area contributed by atoms with Crippen molar-refractivity contribution in [2.45, 2.75) is 18.6 Å². The topological polar surface area (TPSA) is 144 Å². The molecular formula is C15H18N2O6S. The molecule has 2 atom stereocenters. The van der Waals surface area contributed by atoms with Crippen LogP contribution >= 0.6 is 11.8 Å². The van der Waals surface area contributed by atoms with E-state index >= 15 is 0 Å². The van der Waals surface area contributed by atoms with Crippen LogP contribution < -0.4 is 5.32 Å². The highest BCUT2D eigenvalue weighted by Gasteiger charge is 2.25. The second-order valence-corrected chi connectivity index (χ2v) is 6.37. The minimum Gasteiger partial charge on any atom is -0.481 e. The number of carbonyl (C=O) groups is 4. The molecule has 1 aliphatic rings. The highest BCUT2D eigenvalue weighted by Crippen LogP contribution is 2.21. The second-order valence-electron chi connectivity index (χ2n) is 4.99. The number of nitrogens with one attached hydrogen (secondary N) is 1. The Morgan fingerprint density at radius 1 is 1.38 bits per heavy atom. The number of carboxylic acid groups (broad SMARTS) is 2. The lowest BCUT2D eigenvalue weighted by Crippen LogP contribution is -2.23. The molecule has 8 nitrogen and oxygen atoms in total. The SMILES string of the molecule is CC(SCC(CC(=O)O)C(=O)c1cccnc1)C(=O)O.O=C1CN1. The summed E-state index contributed by atoms with van der Waals surface area (Å²) in [5.41, 5.74) is 0.335. The third-order valence-corrected chi connectivity index (χ3v) is 4.25. The lowest BCUT2D eigenvalue weighted by molar-refractivity contribution is -0.138.